The second kappa shape index (κ2) is 2.47. The molecule has 0 spiro atoms. The molecule has 0 amide bonds. The normalized spacial score (nSPS) is 46.0. The molecule has 0 radical (unpaired) electrons. The van der Waals surface area contributed by atoms with E-state index in [2.05, 4.69) is 25.8 Å². The summed E-state index contributed by atoms with van der Waals surface area (Å²) < 4.78 is 0. The van der Waals surface area contributed by atoms with Gasteiger partial charge in [-0.15, -0.1) is 11.6 Å². The second-order valence-electron chi connectivity index (χ2n) is 3.01. The third-order valence-corrected chi connectivity index (χ3v) is 2.97. The highest BCUT2D eigenvalue weighted by Crippen LogP contribution is 2.25. The van der Waals surface area contributed by atoms with E-state index in [9.17, 15) is 0 Å². The van der Waals surface area contributed by atoms with Crippen LogP contribution in [0.3, 0.4) is 0 Å². The number of hydrogen-bond acceptors (Lipinski definition) is 1. The Hall–Kier alpha value is 0.250. The summed E-state index contributed by atoms with van der Waals surface area (Å²) in [4.78, 5) is 2.33. The molecule has 3 atom stereocenters. The van der Waals surface area contributed by atoms with Crippen LogP contribution in [-0.4, -0.2) is 29.4 Å². The third kappa shape index (κ3) is 1.22. The molecule has 1 heterocycles. The minimum Gasteiger partial charge on any atom is -0.299 e. The number of hydrogen-bond donors (Lipinski definition) is 0. The Labute approximate surface area is 62.0 Å². The van der Waals surface area contributed by atoms with Gasteiger partial charge in [-0.3, -0.25) is 4.90 Å². The van der Waals surface area contributed by atoms with Crippen molar-refractivity contribution in [2.24, 2.45) is 0 Å². The van der Waals surface area contributed by atoms with Crippen molar-refractivity contribution in [1.29, 1.82) is 0 Å². The van der Waals surface area contributed by atoms with Gasteiger partial charge in [0, 0.05) is 12.1 Å². The lowest BCUT2D eigenvalue weighted by Gasteiger charge is -2.19. The lowest BCUT2D eigenvalue weighted by molar-refractivity contribution is 0.268. The molecule has 1 aliphatic heterocycles. The highest BCUT2D eigenvalue weighted by atomic mass is 35.5. The molecule has 0 aromatic heterocycles. The molecular formula is C7H14ClN. The van der Waals surface area contributed by atoms with Crippen LogP contribution < -0.4 is 0 Å². The minimum absolute atomic E-state index is 0.366. The summed E-state index contributed by atoms with van der Waals surface area (Å²) in [5.41, 5.74) is 0. The van der Waals surface area contributed by atoms with Crippen molar-refractivity contribution in [2.45, 2.75) is 37.7 Å². The summed E-state index contributed by atoms with van der Waals surface area (Å²) in [6, 6.07) is 1.23. The molecule has 0 saturated carbocycles. The maximum atomic E-state index is 6.01. The van der Waals surface area contributed by atoms with Crippen LogP contribution in [0, 0.1) is 0 Å². The van der Waals surface area contributed by atoms with Gasteiger partial charge in [0.25, 0.3) is 0 Å². The summed E-state index contributed by atoms with van der Waals surface area (Å²) in [7, 11) is 2.14. The Balaban J connectivity index is 2.54. The van der Waals surface area contributed by atoms with E-state index in [0.29, 0.717) is 17.5 Å². The SMILES string of the molecule is CC1CC(Cl)C(C)N1C. The lowest BCUT2D eigenvalue weighted by Crippen LogP contribution is -2.30. The zero-order chi connectivity index (χ0) is 7.02. The number of nitrogens with zero attached hydrogens (tertiary/aromatic N) is 1. The molecule has 1 aliphatic rings. The summed E-state index contributed by atoms with van der Waals surface area (Å²) >= 11 is 6.01. The molecule has 3 unspecified atom stereocenters. The molecule has 1 nitrogen and oxygen atoms in total. The topological polar surface area (TPSA) is 3.24 Å². The fourth-order valence-electron chi connectivity index (χ4n) is 1.35. The summed E-state index contributed by atoms with van der Waals surface area (Å²) in [6.45, 7) is 4.40. The molecule has 54 valence electrons. The fourth-order valence-corrected chi connectivity index (χ4v) is 1.78. The van der Waals surface area contributed by atoms with E-state index >= 15 is 0 Å². The largest absolute Gasteiger partial charge is 0.299 e. The molecule has 0 aromatic carbocycles. The molecule has 1 rings (SSSR count). The fraction of sp³-hybridized carbons (Fsp3) is 1.00. The predicted molar refractivity (Wildman–Crippen MR) is 40.9 cm³/mol. The maximum absolute atomic E-state index is 6.01. The van der Waals surface area contributed by atoms with Gasteiger partial charge in [-0.1, -0.05) is 0 Å². The van der Waals surface area contributed by atoms with Crippen molar-refractivity contribution in [1.82, 2.24) is 4.90 Å². The van der Waals surface area contributed by atoms with Gasteiger partial charge in [-0.2, -0.15) is 0 Å². The Kier molecular flexibility index (Phi) is 2.02. The van der Waals surface area contributed by atoms with Crippen molar-refractivity contribution in [3.05, 3.63) is 0 Å². The summed E-state index contributed by atoms with van der Waals surface area (Å²) in [5, 5.41) is 0.366. The van der Waals surface area contributed by atoms with Gasteiger partial charge in [-0.25, -0.2) is 0 Å². The Bertz CT molecular complexity index is 93.1. The van der Waals surface area contributed by atoms with Gasteiger partial charge in [0.2, 0.25) is 0 Å². The monoisotopic (exact) mass is 147 g/mol. The average molecular weight is 148 g/mol. The lowest BCUT2D eigenvalue weighted by atomic mass is 10.2. The zero-order valence-electron chi connectivity index (χ0n) is 6.26. The van der Waals surface area contributed by atoms with Gasteiger partial charge < -0.3 is 0 Å². The molecule has 0 aliphatic carbocycles. The number of likely N-dealkylation sites (tertiary alicyclic amines) is 1. The van der Waals surface area contributed by atoms with Crippen LogP contribution in [-0.2, 0) is 0 Å². The second-order valence-corrected chi connectivity index (χ2v) is 3.57. The highest BCUT2D eigenvalue weighted by Gasteiger charge is 2.31. The van der Waals surface area contributed by atoms with Gasteiger partial charge in [0.15, 0.2) is 0 Å². The maximum Gasteiger partial charge on any atom is 0.0503 e. The van der Waals surface area contributed by atoms with Crippen LogP contribution in [0.4, 0.5) is 0 Å². The molecule has 0 aromatic rings. The van der Waals surface area contributed by atoms with E-state index in [0.717, 1.165) is 6.42 Å². The van der Waals surface area contributed by atoms with Crippen molar-refractivity contribution in [3.8, 4) is 0 Å². The Morgan fingerprint density at radius 3 is 2.11 bits per heavy atom. The van der Waals surface area contributed by atoms with Gasteiger partial charge in [-0.05, 0) is 27.3 Å². The van der Waals surface area contributed by atoms with Crippen LogP contribution in [0.25, 0.3) is 0 Å². The first-order valence-electron chi connectivity index (χ1n) is 3.49. The molecule has 1 fully saturated rings. The quantitative estimate of drug-likeness (QED) is 0.472. The van der Waals surface area contributed by atoms with Crippen molar-refractivity contribution in [3.63, 3.8) is 0 Å². The van der Waals surface area contributed by atoms with Gasteiger partial charge in [0.1, 0.15) is 0 Å². The van der Waals surface area contributed by atoms with Crippen molar-refractivity contribution < 1.29 is 0 Å². The van der Waals surface area contributed by atoms with Gasteiger partial charge >= 0.3 is 0 Å². The number of alkyl halides is 1. The molecule has 0 bridgehead atoms. The molecular weight excluding hydrogens is 134 g/mol. The van der Waals surface area contributed by atoms with E-state index in [1.807, 2.05) is 0 Å². The first kappa shape index (κ1) is 7.36. The zero-order valence-corrected chi connectivity index (χ0v) is 7.02. The summed E-state index contributed by atoms with van der Waals surface area (Å²) in [6.07, 6.45) is 1.14. The van der Waals surface area contributed by atoms with Crippen LogP contribution in [0.15, 0.2) is 0 Å². The van der Waals surface area contributed by atoms with E-state index in [4.69, 9.17) is 11.6 Å². The van der Waals surface area contributed by atoms with Crippen LogP contribution >= 0.6 is 11.6 Å². The first-order chi connectivity index (χ1) is 4.13. The van der Waals surface area contributed by atoms with Gasteiger partial charge in [0.05, 0.1) is 5.38 Å². The predicted octanol–water partition coefficient (Wildman–Crippen LogP) is 1.71. The van der Waals surface area contributed by atoms with E-state index in [1.54, 1.807) is 0 Å². The molecule has 2 heteroatoms. The van der Waals surface area contributed by atoms with Crippen LogP contribution in [0.5, 0.6) is 0 Å². The molecule has 1 saturated heterocycles. The Morgan fingerprint density at radius 2 is 2.00 bits per heavy atom. The number of rotatable bonds is 0. The van der Waals surface area contributed by atoms with E-state index < -0.39 is 0 Å². The van der Waals surface area contributed by atoms with Crippen molar-refractivity contribution in [2.75, 3.05) is 7.05 Å². The first-order valence-corrected chi connectivity index (χ1v) is 3.92. The molecule has 9 heavy (non-hydrogen) atoms. The minimum atomic E-state index is 0.366. The summed E-state index contributed by atoms with van der Waals surface area (Å²) in [5.74, 6) is 0. The standard InChI is InChI=1S/C7H14ClN/c1-5-4-7(8)6(2)9(5)3/h5-7H,4H2,1-3H3. The third-order valence-electron chi connectivity index (χ3n) is 2.43. The smallest absolute Gasteiger partial charge is 0.0503 e. The highest BCUT2D eigenvalue weighted by molar-refractivity contribution is 6.21. The number of halogens is 1. The van der Waals surface area contributed by atoms with Crippen molar-refractivity contribution >= 4 is 11.6 Å². The molecule has 0 N–H and O–H groups in total. The Morgan fingerprint density at radius 1 is 1.44 bits per heavy atom. The van der Waals surface area contributed by atoms with E-state index in [-0.39, 0.29) is 0 Å². The van der Waals surface area contributed by atoms with E-state index in [1.165, 1.54) is 0 Å². The van der Waals surface area contributed by atoms with Crippen LogP contribution in [0.1, 0.15) is 20.3 Å². The van der Waals surface area contributed by atoms with Crippen LogP contribution in [0.2, 0.25) is 0 Å². The average Bonchev–Trinajstić information content (AvgIpc) is 1.98.